The predicted octanol–water partition coefficient (Wildman–Crippen LogP) is 2.47. The fourth-order valence-electron chi connectivity index (χ4n) is 4.19. The maximum atomic E-state index is 12.8. The number of amides is 1. The number of carbonyl (C=O) groups excluding carboxylic acids is 1. The van der Waals surface area contributed by atoms with Gasteiger partial charge in [0.2, 0.25) is 5.91 Å². The average Bonchev–Trinajstić information content (AvgIpc) is 3.43. The molecule has 1 atom stereocenters. The average molecular weight is 434 g/mol. The van der Waals surface area contributed by atoms with Crippen LogP contribution in [0.15, 0.2) is 46.0 Å². The number of rotatable bonds is 7. The van der Waals surface area contributed by atoms with E-state index in [1.54, 1.807) is 17.5 Å². The molecule has 0 radical (unpaired) electrons. The highest BCUT2D eigenvalue weighted by Crippen LogP contribution is 2.28. The van der Waals surface area contributed by atoms with Crippen LogP contribution < -0.4 is 5.32 Å². The number of hydrogen-bond acceptors (Lipinski definition) is 5. The summed E-state index contributed by atoms with van der Waals surface area (Å²) in [6, 6.07) is 11.3. The van der Waals surface area contributed by atoms with E-state index in [0.29, 0.717) is 23.7 Å². The Bertz CT molecular complexity index is 944. The molecular formula is C21H27N3O3S2. The molecule has 0 aliphatic carbocycles. The standard InChI is InChI=1S/C21H27N3O3S2/c25-21(19-8-3-13-24(19)29(26,27)20-9-4-15-28-20)22-11-5-12-23-14-10-17-6-1-2-7-18(17)16-23/h1-2,4,6-7,9,15,19H,3,5,8,10-14,16H2,(H,22,25). The van der Waals surface area contributed by atoms with Gasteiger partial charge in [0.1, 0.15) is 10.3 Å². The van der Waals surface area contributed by atoms with Gasteiger partial charge in [-0.1, -0.05) is 30.3 Å². The third kappa shape index (κ3) is 4.55. The molecule has 29 heavy (non-hydrogen) atoms. The molecule has 2 aromatic rings. The predicted molar refractivity (Wildman–Crippen MR) is 114 cm³/mol. The number of nitrogens with zero attached hydrogens (tertiary/aromatic N) is 2. The Morgan fingerprint density at radius 2 is 1.97 bits per heavy atom. The van der Waals surface area contributed by atoms with E-state index in [1.807, 2.05) is 0 Å². The monoisotopic (exact) mass is 433 g/mol. The molecule has 0 bridgehead atoms. The number of fused-ring (bicyclic) bond motifs is 1. The van der Waals surface area contributed by atoms with Crippen LogP contribution >= 0.6 is 11.3 Å². The molecule has 0 saturated carbocycles. The smallest absolute Gasteiger partial charge is 0.253 e. The number of thiophene rings is 1. The number of nitrogens with one attached hydrogen (secondary N) is 1. The second kappa shape index (κ2) is 8.95. The van der Waals surface area contributed by atoms with Gasteiger partial charge >= 0.3 is 0 Å². The third-order valence-electron chi connectivity index (χ3n) is 5.72. The van der Waals surface area contributed by atoms with Gasteiger partial charge in [-0.2, -0.15) is 4.31 Å². The van der Waals surface area contributed by atoms with Crippen LogP contribution in [0.5, 0.6) is 0 Å². The highest BCUT2D eigenvalue weighted by Gasteiger charge is 2.39. The largest absolute Gasteiger partial charge is 0.355 e. The van der Waals surface area contributed by atoms with Crippen molar-refractivity contribution in [1.29, 1.82) is 0 Å². The van der Waals surface area contributed by atoms with E-state index in [-0.39, 0.29) is 5.91 Å². The molecule has 8 heteroatoms. The molecule has 1 N–H and O–H groups in total. The van der Waals surface area contributed by atoms with Gasteiger partial charge in [-0.15, -0.1) is 11.3 Å². The van der Waals surface area contributed by atoms with Crippen LogP contribution in [-0.4, -0.2) is 55.8 Å². The zero-order valence-electron chi connectivity index (χ0n) is 16.4. The Hall–Kier alpha value is -1.74. The van der Waals surface area contributed by atoms with Crippen molar-refractivity contribution in [2.45, 2.75) is 42.5 Å². The molecule has 6 nitrogen and oxygen atoms in total. The summed E-state index contributed by atoms with van der Waals surface area (Å²) in [6.45, 7) is 3.91. The van der Waals surface area contributed by atoms with Gasteiger partial charge in [0.25, 0.3) is 10.0 Å². The van der Waals surface area contributed by atoms with Gasteiger partial charge < -0.3 is 5.32 Å². The molecule has 1 amide bonds. The second-order valence-electron chi connectivity index (χ2n) is 7.65. The van der Waals surface area contributed by atoms with E-state index < -0.39 is 16.1 Å². The lowest BCUT2D eigenvalue weighted by Crippen LogP contribution is -2.46. The normalized spacial score (nSPS) is 20.5. The first kappa shape index (κ1) is 20.5. The van der Waals surface area contributed by atoms with E-state index in [9.17, 15) is 13.2 Å². The van der Waals surface area contributed by atoms with Crippen LogP contribution in [0.2, 0.25) is 0 Å². The summed E-state index contributed by atoms with van der Waals surface area (Å²) in [7, 11) is -3.58. The number of sulfonamides is 1. The highest BCUT2D eigenvalue weighted by atomic mass is 32.2. The maximum absolute atomic E-state index is 12.8. The molecule has 1 unspecified atom stereocenters. The zero-order valence-corrected chi connectivity index (χ0v) is 18.1. The first-order chi connectivity index (χ1) is 14.1. The summed E-state index contributed by atoms with van der Waals surface area (Å²) in [6.07, 6.45) is 3.23. The Morgan fingerprint density at radius 3 is 2.76 bits per heavy atom. The van der Waals surface area contributed by atoms with Gasteiger partial charge in [-0.25, -0.2) is 8.42 Å². The zero-order chi connectivity index (χ0) is 20.3. The van der Waals surface area contributed by atoms with Gasteiger partial charge in [0.15, 0.2) is 0 Å². The Labute approximate surface area is 176 Å². The summed E-state index contributed by atoms with van der Waals surface area (Å²) in [4.78, 5) is 15.1. The maximum Gasteiger partial charge on any atom is 0.253 e. The lowest BCUT2D eigenvalue weighted by atomic mass is 10.00. The lowest BCUT2D eigenvalue weighted by Gasteiger charge is -2.28. The van der Waals surface area contributed by atoms with Crippen molar-refractivity contribution in [3.63, 3.8) is 0 Å². The van der Waals surface area contributed by atoms with E-state index in [4.69, 9.17) is 0 Å². The van der Waals surface area contributed by atoms with Crippen LogP contribution in [0.3, 0.4) is 0 Å². The van der Waals surface area contributed by atoms with Crippen molar-refractivity contribution >= 4 is 27.3 Å². The van der Waals surface area contributed by atoms with Crippen molar-refractivity contribution in [3.8, 4) is 0 Å². The molecule has 1 aromatic heterocycles. The Morgan fingerprint density at radius 1 is 1.14 bits per heavy atom. The molecular weight excluding hydrogens is 406 g/mol. The molecule has 1 fully saturated rings. The SMILES string of the molecule is O=C(NCCCN1CCc2ccccc2C1)C1CCCN1S(=O)(=O)c1cccs1. The van der Waals surface area contributed by atoms with Crippen molar-refractivity contribution < 1.29 is 13.2 Å². The molecule has 4 rings (SSSR count). The minimum atomic E-state index is -3.58. The first-order valence-corrected chi connectivity index (χ1v) is 12.5. The lowest BCUT2D eigenvalue weighted by molar-refractivity contribution is -0.124. The summed E-state index contributed by atoms with van der Waals surface area (Å²) < 4.78 is 27.3. The molecule has 2 aliphatic heterocycles. The molecule has 3 heterocycles. The molecule has 0 spiro atoms. The van der Waals surface area contributed by atoms with E-state index in [0.717, 1.165) is 38.9 Å². The second-order valence-corrected chi connectivity index (χ2v) is 10.7. The number of benzene rings is 1. The molecule has 156 valence electrons. The van der Waals surface area contributed by atoms with Crippen molar-refractivity contribution in [2.75, 3.05) is 26.2 Å². The third-order valence-corrected chi connectivity index (χ3v) is 9.01. The quantitative estimate of drug-likeness (QED) is 0.681. The van der Waals surface area contributed by atoms with Crippen LogP contribution in [0.4, 0.5) is 0 Å². The summed E-state index contributed by atoms with van der Waals surface area (Å²) >= 11 is 1.20. The highest BCUT2D eigenvalue weighted by molar-refractivity contribution is 7.91. The fraction of sp³-hybridized carbons (Fsp3) is 0.476. The first-order valence-electron chi connectivity index (χ1n) is 10.2. The van der Waals surface area contributed by atoms with Crippen LogP contribution in [0.25, 0.3) is 0 Å². The number of carbonyl (C=O) groups is 1. The van der Waals surface area contributed by atoms with Crippen LogP contribution in [-0.2, 0) is 27.8 Å². The topological polar surface area (TPSA) is 69.7 Å². The molecule has 2 aliphatic rings. The summed E-state index contributed by atoms with van der Waals surface area (Å²) in [5.74, 6) is -0.174. The van der Waals surface area contributed by atoms with Crippen molar-refractivity contribution in [1.82, 2.24) is 14.5 Å². The van der Waals surface area contributed by atoms with Crippen molar-refractivity contribution in [3.05, 3.63) is 52.9 Å². The van der Waals surface area contributed by atoms with Gasteiger partial charge in [0, 0.05) is 32.7 Å². The van der Waals surface area contributed by atoms with Crippen LogP contribution in [0, 0.1) is 0 Å². The molecule has 1 saturated heterocycles. The van der Waals surface area contributed by atoms with Crippen molar-refractivity contribution in [2.24, 2.45) is 0 Å². The van der Waals surface area contributed by atoms with Gasteiger partial charge in [0.05, 0.1) is 0 Å². The van der Waals surface area contributed by atoms with Crippen LogP contribution in [0.1, 0.15) is 30.4 Å². The van der Waals surface area contributed by atoms with E-state index in [1.165, 1.54) is 26.8 Å². The molecule has 1 aromatic carbocycles. The van der Waals surface area contributed by atoms with Gasteiger partial charge in [-0.05, 0) is 48.3 Å². The fourth-order valence-corrected chi connectivity index (χ4v) is 6.97. The Kier molecular flexibility index (Phi) is 6.34. The van der Waals surface area contributed by atoms with E-state index in [2.05, 4.69) is 34.5 Å². The minimum Gasteiger partial charge on any atom is -0.355 e. The van der Waals surface area contributed by atoms with E-state index >= 15 is 0 Å². The minimum absolute atomic E-state index is 0.174. The summed E-state index contributed by atoms with van der Waals surface area (Å²) in [5.41, 5.74) is 2.83. The number of hydrogen-bond donors (Lipinski definition) is 1. The summed E-state index contributed by atoms with van der Waals surface area (Å²) in [5, 5.41) is 4.71. The van der Waals surface area contributed by atoms with Gasteiger partial charge in [-0.3, -0.25) is 9.69 Å². The Balaban J connectivity index is 1.26.